The van der Waals surface area contributed by atoms with Gasteiger partial charge in [0, 0.05) is 11.6 Å². The fourth-order valence-electron chi connectivity index (χ4n) is 2.37. The van der Waals surface area contributed by atoms with E-state index in [-0.39, 0.29) is 6.61 Å². The number of imidazole rings is 1. The number of rotatable bonds is 3. The Hall–Kier alpha value is -2.35. The van der Waals surface area contributed by atoms with Crippen LogP contribution in [-0.2, 0) is 13.2 Å². The Labute approximate surface area is 126 Å². The molecule has 0 fully saturated rings. The summed E-state index contributed by atoms with van der Waals surface area (Å²) in [5.74, 6) is 0.578. The van der Waals surface area contributed by atoms with Crippen LogP contribution in [0.2, 0.25) is 5.02 Å². The van der Waals surface area contributed by atoms with Crippen molar-refractivity contribution in [2.24, 2.45) is 0 Å². The zero-order valence-electron chi connectivity index (χ0n) is 11.1. The second kappa shape index (κ2) is 5.57. The molecule has 4 nitrogen and oxygen atoms in total. The first-order valence-electron chi connectivity index (χ1n) is 6.46. The van der Waals surface area contributed by atoms with Gasteiger partial charge in [-0.3, -0.25) is 0 Å². The highest BCUT2D eigenvalue weighted by atomic mass is 35.5. The van der Waals surface area contributed by atoms with Crippen LogP contribution in [0.5, 0.6) is 0 Å². The summed E-state index contributed by atoms with van der Waals surface area (Å²) in [5, 5.41) is 19.1. The number of benzene rings is 2. The van der Waals surface area contributed by atoms with Gasteiger partial charge in [-0.05, 0) is 35.9 Å². The molecule has 2 aromatic carbocycles. The molecule has 0 atom stereocenters. The molecule has 104 valence electrons. The van der Waals surface area contributed by atoms with Crippen LogP contribution in [0.15, 0.2) is 42.5 Å². The first-order valence-corrected chi connectivity index (χ1v) is 6.83. The number of nitrogens with zero attached hydrogens (tertiary/aromatic N) is 3. The van der Waals surface area contributed by atoms with E-state index in [2.05, 4.69) is 11.1 Å². The van der Waals surface area contributed by atoms with E-state index in [1.807, 2.05) is 28.8 Å². The normalized spacial score (nSPS) is 10.7. The third kappa shape index (κ3) is 2.62. The molecule has 21 heavy (non-hydrogen) atoms. The van der Waals surface area contributed by atoms with Crippen molar-refractivity contribution in [3.05, 3.63) is 64.4 Å². The Kier molecular flexibility index (Phi) is 3.61. The summed E-state index contributed by atoms with van der Waals surface area (Å²) >= 11 is 5.98. The van der Waals surface area contributed by atoms with E-state index < -0.39 is 0 Å². The van der Waals surface area contributed by atoms with Crippen LogP contribution in [-0.4, -0.2) is 14.7 Å². The Morgan fingerprint density at radius 2 is 2.10 bits per heavy atom. The lowest BCUT2D eigenvalue weighted by Gasteiger charge is -2.08. The van der Waals surface area contributed by atoms with Crippen molar-refractivity contribution in [3.63, 3.8) is 0 Å². The van der Waals surface area contributed by atoms with E-state index in [1.54, 1.807) is 18.2 Å². The Morgan fingerprint density at radius 3 is 2.86 bits per heavy atom. The summed E-state index contributed by atoms with van der Waals surface area (Å²) in [6.45, 7) is 0.397. The van der Waals surface area contributed by atoms with Gasteiger partial charge in [0.15, 0.2) is 0 Å². The number of fused-ring (bicyclic) bond motifs is 1. The Morgan fingerprint density at radius 1 is 1.24 bits per heavy atom. The molecule has 3 rings (SSSR count). The van der Waals surface area contributed by atoms with Gasteiger partial charge in [-0.2, -0.15) is 5.26 Å². The van der Waals surface area contributed by atoms with E-state index in [9.17, 15) is 5.11 Å². The molecule has 0 saturated carbocycles. The second-order valence-corrected chi connectivity index (χ2v) is 5.15. The van der Waals surface area contributed by atoms with Crippen molar-refractivity contribution in [1.29, 1.82) is 5.26 Å². The molecule has 0 amide bonds. The van der Waals surface area contributed by atoms with Crippen LogP contribution in [0.1, 0.15) is 17.0 Å². The molecule has 5 heteroatoms. The van der Waals surface area contributed by atoms with Gasteiger partial charge in [0.2, 0.25) is 0 Å². The quantitative estimate of drug-likeness (QED) is 0.808. The van der Waals surface area contributed by atoms with Crippen molar-refractivity contribution in [2.75, 3.05) is 0 Å². The van der Waals surface area contributed by atoms with Crippen molar-refractivity contribution in [2.45, 2.75) is 13.2 Å². The second-order valence-electron chi connectivity index (χ2n) is 4.72. The van der Waals surface area contributed by atoms with Crippen LogP contribution in [0, 0.1) is 11.3 Å². The molecule has 1 heterocycles. The van der Waals surface area contributed by atoms with Gasteiger partial charge in [-0.15, -0.1) is 0 Å². The third-order valence-electron chi connectivity index (χ3n) is 3.33. The minimum Gasteiger partial charge on any atom is -0.388 e. The summed E-state index contributed by atoms with van der Waals surface area (Å²) < 4.78 is 1.93. The van der Waals surface area contributed by atoms with Crippen LogP contribution < -0.4 is 0 Å². The molecule has 0 saturated heterocycles. The molecule has 0 aliphatic carbocycles. The molecule has 0 spiro atoms. The number of aromatic nitrogens is 2. The predicted octanol–water partition coefficient (Wildman–Crippen LogP) is 3.10. The van der Waals surface area contributed by atoms with Crippen molar-refractivity contribution in [1.82, 2.24) is 9.55 Å². The van der Waals surface area contributed by atoms with E-state index in [1.165, 1.54) is 0 Å². The lowest BCUT2D eigenvalue weighted by molar-refractivity contribution is 0.267. The summed E-state index contributed by atoms with van der Waals surface area (Å²) in [6, 6.07) is 15.0. The van der Waals surface area contributed by atoms with E-state index in [0.29, 0.717) is 23.0 Å². The SMILES string of the molecule is N#Cc1cccc(Cn2c(CO)nc3cc(Cl)ccc32)c1. The Bertz CT molecular complexity index is 848. The van der Waals surface area contributed by atoms with Gasteiger partial charge in [-0.25, -0.2) is 4.98 Å². The molecule has 1 N–H and O–H groups in total. The number of halogens is 1. The highest BCUT2D eigenvalue weighted by Crippen LogP contribution is 2.22. The maximum absolute atomic E-state index is 9.50. The first kappa shape index (κ1) is 13.6. The van der Waals surface area contributed by atoms with E-state index >= 15 is 0 Å². The van der Waals surface area contributed by atoms with Crippen LogP contribution in [0.3, 0.4) is 0 Å². The highest BCUT2D eigenvalue weighted by molar-refractivity contribution is 6.31. The fourth-order valence-corrected chi connectivity index (χ4v) is 2.54. The van der Waals surface area contributed by atoms with Gasteiger partial charge >= 0.3 is 0 Å². The van der Waals surface area contributed by atoms with Crippen molar-refractivity contribution < 1.29 is 5.11 Å². The fraction of sp³-hybridized carbons (Fsp3) is 0.125. The average Bonchev–Trinajstić information content (AvgIpc) is 2.84. The maximum atomic E-state index is 9.50. The zero-order valence-corrected chi connectivity index (χ0v) is 11.9. The first-order chi connectivity index (χ1) is 10.2. The lowest BCUT2D eigenvalue weighted by Crippen LogP contribution is -2.05. The van der Waals surface area contributed by atoms with Crippen molar-refractivity contribution >= 4 is 22.6 Å². The largest absolute Gasteiger partial charge is 0.388 e. The molecule has 3 aromatic rings. The number of aliphatic hydroxyl groups excluding tert-OH is 1. The lowest BCUT2D eigenvalue weighted by atomic mass is 10.1. The molecule has 0 aliphatic rings. The predicted molar refractivity (Wildman–Crippen MR) is 80.9 cm³/mol. The molecule has 0 radical (unpaired) electrons. The monoisotopic (exact) mass is 297 g/mol. The van der Waals surface area contributed by atoms with Crippen molar-refractivity contribution in [3.8, 4) is 6.07 Å². The molecule has 0 bridgehead atoms. The van der Waals surface area contributed by atoms with Gasteiger partial charge in [0.25, 0.3) is 0 Å². The number of hydrogen-bond acceptors (Lipinski definition) is 3. The molecular formula is C16H12ClN3O. The smallest absolute Gasteiger partial charge is 0.136 e. The summed E-state index contributed by atoms with van der Waals surface area (Å²) in [4.78, 5) is 4.39. The average molecular weight is 298 g/mol. The van der Waals surface area contributed by atoms with E-state index in [4.69, 9.17) is 16.9 Å². The molecule has 1 aromatic heterocycles. The minimum atomic E-state index is -0.149. The van der Waals surface area contributed by atoms with Gasteiger partial charge in [-0.1, -0.05) is 23.7 Å². The van der Waals surface area contributed by atoms with Crippen LogP contribution in [0.4, 0.5) is 0 Å². The standard InChI is InChI=1S/C16H12ClN3O/c17-13-4-5-15-14(7-13)19-16(10-21)20(15)9-12-3-1-2-11(6-12)8-18/h1-7,21H,9-10H2. The number of hydrogen-bond donors (Lipinski definition) is 1. The molecular weight excluding hydrogens is 286 g/mol. The van der Waals surface area contributed by atoms with Gasteiger partial charge < -0.3 is 9.67 Å². The molecule has 0 aliphatic heterocycles. The van der Waals surface area contributed by atoms with Gasteiger partial charge in [0.05, 0.1) is 22.7 Å². The highest BCUT2D eigenvalue weighted by Gasteiger charge is 2.11. The summed E-state index contributed by atoms with van der Waals surface area (Å²) in [6.07, 6.45) is 0. The number of nitriles is 1. The van der Waals surface area contributed by atoms with E-state index in [0.717, 1.165) is 16.6 Å². The summed E-state index contributed by atoms with van der Waals surface area (Å²) in [5.41, 5.74) is 3.26. The molecule has 0 unspecified atom stereocenters. The van der Waals surface area contributed by atoms with Crippen LogP contribution in [0.25, 0.3) is 11.0 Å². The topological polar surface area (TPSA) is 61.8 Å². The zero-order chi connectivity index (χ0) is 14.8. The van der Waals surface area contributed by atoms with Gasteiger partial charge in [0.1, 0.15) is 12.4 Å². The third-order valence-corrected chi connectivity index (χ3v) is 3.56. The minimum absolute atomic E-state index is 0.149. The Balaban J connectivity index is 2.08. The number of aliphatic hydroxyl groups is 1. The maximum Gasteiger partial charge on any atom is 0.136 e. The summed E-state index contributed by atoms with van der Waals surface area (Å²) in [7, 11) is 0. The van der Waals surface area contributed by atoms with Crippen LogP contribution >= 0.6 is 11.6 Å².